The van der Waals surface area contributed by atoms with Gasteiger partial charge in [0, 0.05) is 29.3 Å². The summed E-state index contributed by atoms with van der Waals surface area (Å²) < 4.78 is 0. The number of carbonyl (C=O) groups excluding carboxylic acids is 3. The lowest BCUT2D eigenvalue weighted by molar-refractivity contribution is -0.338. The maximum atomic E-state index is 13.1. The Hall–Kier alpha value is -2.86. The van der Waals surface area contributed by atoms with Crippen LogP contribution in [0.3, 0.4) is 0 Å². The Labute approximate surface area is 184 Å². The topological polar surface area (TPSA) is 135 Å². The average Bonchev–Trinajstić information content (AvgIpc) is 3.44. The molecule has 11 heteroatoms. The van der Waals surface area contributed by atoms with Gasteiger partial charge in [-0.3, -0.25) is 14.5 Å². The first-order chi connectivity index (χ1) is 15.3. The summed E-state index contributed by atoms with van der Waals surface area (Å²) in [6.45, 7) is 3.21. The lowest BCUT2D eigenvalue weighted by Gasteiger charge is -2.39. The molecule has 11 nitrogen and oxygen atoms in total. The number of carboxylic acids is 1. The second-order valence-corrected chi connectivity index (χ2v) is 8.03. The van der Waals surface area contributed by atoms with E-state index in [2.05, 4.69) is 10.2 Å². The molecule has 3 aliphatic rings. The molecule has 1 aliphatic carbocycles. The molecule has 2 saturated heterocycles. The second-order valence-electron chi connectivity index (χ2n) is 8.03. The van der Waals surface area contributed by atoms with E-state index in [1.54, 1.807) is 12.1 Å². The van der Waals surface area contributed by atoms with Crippen molar-refractivity contribution < 1.29 is 38.9 Å². The van der Waals surface area contributed by atoms with Gasteiger partial charge in [-0.1, -0.05) is 18.2 Å². The molecule has 1 unspecified atom stereocenters. The van der Waals surface area contributed by atoms with Crippen LogP contribution < -0.4 is 5.32 Å². The first kappa shape index (κ1) is 22.3. The van der Waals surface area contributed by atoms with Crippen LogP contribution in [-0.4, -0.2) is 84.1 Å². The maximum Gasteiger partial charge on any atom is 0.376 e. The molecule has 32 heavy (non-hydrogen) atoms. The third kappa shape index (κ3) is 4.11. The lowest BCUT2D eigenvalue weighted by Crippen LogP contribution is -2.56. The van der Waals surface area contributed by atoms with Crippen molar-refractivity contribution in [3.05, 3.63) is 34.9 Å². The molecule has 2 heterocycles. The number of Topliss-reactive ketones (excluding diaryl/α,β-unsaturated/α-hetero) is 1. The molecule has 0 saturated carbocycles. The molecule has 0 spiro atoms. The number of benzene rings is 1. The summed E-state index contributed by atoms with van der Waals surface area (Å²) in [6, 6.07) is 4.97. The van der Waals surface area contributed by atoms with Crippen LogP contribution >= 0.6 is 0 Å². The third-order valence-electron chi connectivity index (χ3n) is 5.99. The Bertz CT molecular complexity index is 945. The molecule has 0 bridgehead atoms. The van der Waals surface area contributed by atoms with E-state index in [-0.39, 0.29) is 35.9 Å². The number of nitrogens with zero attached hydrogens (tertiary/aromatic N) is 2. The maximum absolute atomic E-state index is 13.1. The smallest absolute Gasteiger partial charge is 0.376 e. The SMILES string of the molecule is CC(=O)c1cccc2c1C2(OOCC(=O)O)C(=O)ON1CCN(C2CCNCC2)CC1=O. The van der Waals surface area contributed by atoms with E-state index in [1.165, 1.54) is 13.0 Å². The minimum atomic E-state index is -1.88. The summed E-state index contributed by atoms with van der Waals surface area (Å²) in [5.74, 6) is -2.92. The number of fused-ring (bicyclic) bond motifs is 1. The average molecular weight is 447 g/mol. The van der Waals surface area contributed by atoms with E-state index in [0.29, 0.717) is 18.2 Å². The Morgan fingerprint density at radius 3 is 2.62 bits per heavy atom. The fraction of sp³-hybridized carbons (Fsp3) is 0.524. The molecule has 0 aromatic heterocycles. The molecular weight excluding hydrogens is 422 g/mol. The molecule has 1 aromatic rings. The van der Waals surface area contributed by atoms with Crippen LogP contribution in [0.25, 0.3) is 0 Å². The molecule has 1 aromatic carbocycles. The normalized spacial score (nSPS) is 23.5. The predicted octanol–water partition coefficient (Wildman–Crippen LogP) is -0.167. The number of aliphatic carboxylic acids is 1. The quantitative estimate of drug-likeness (QED) is 0.314. The molecule has 2 fully saturated rings. The Morgan fingerprint density at radius 1 is 1.22 bits per heavy atom. The van der Waals surface area contributed by atoms with Crippen LogP contribution in [0.1, 0.15) is 41.3 Å². The minimum absolute atomic E-state index is 0.132. The Morgan fingerprint density at radius 2 is 1.97 bits per heavy atom. The largest absolute Gasteiger partial charge is 0.479 e. The lowest BCUT2D eigenvalue weighted by atomic mass is 10.0. The van der Waals surface area contributed by atoms with Crippen molar-refractivity contribution in [1.82, 2.24) is 15.3 Å². The number of amides is 1. The number of carbonyl (C=O) groups is 4. The van der Waals surface area contributed by atoms with Gasteiger partial charge in [0.2, 0.25) is 0 Å². The van der Waals surface area contributed by atoms with Crippen LogP contribution in [0.5, 0.6) is 0 Å². The van der Waals surface area contributed by atoms with E-state index in [9.17, 15) is 19.2 Å². The van der Waals surface area contributed by atoms with Crippen molar-refractivity contribution in [2.75, 3.05) is 39.3 Å². The van der Waals surface area contributed by atoms with Gasteiger partial charge >= 0.3 is 11.9 Å². The predicted molar refractivity (Wildman–Crippen MR) is 107 cm³/mol. The molecular formula is C21H25N3O8. The highest BCUT2D eigenvalue weighted by atomic mass is 17.2. The van der Waals surface area contributed by atoms with Crippen LogP contribution in [0.4, 0.5) is 0 Å². The number of carboxylic acid groups (broad SMARTS) is 1. The van der Waals surface area contributed by atoms with E-state index in [1.807, 2.05) is 0 Å². The summed E-state index contributed by atoms with van der Waals surface area (Å²) in [6.07, 6.45) is 1.90. The van der Waals surface area contributed by atoms with Crippen LogP contribution in [0.15, 0.2) is 18.2 Å². The fourth-order valence-corrected chi connectivity index (χ4v) is 4.36. The molecule has 2 N–H and O–H groups in total. The van der Waals surface area contributed by atoms with Crippen molar-refractivity contribution in [2.24, 2.45) is 0 Å². The summed E-state index contributed by atoms with van der Waals surface area (Å²) in [5, 5.41) is 13.1. The van der Waals surface area contributed by atoms with Gasteiger partial charge < -0.3 is 15.3 Å². The Kier molecular flexibility index (Phi) is 6.24. The van der Waals surface area contributed by atoms with Gasteiger partial charge in [0.1, 0.15) is 0 Å². The third-order valence-corrected chi connectivity index (χ3v) is 5.99. The number of ketones is 1. The number of hydroxylamine groups is 2. The highest BCUT2D eigenvalue weighted by Crippen LogP contribution is 2.54. The van der Waals surface area contributed by atoms with Gasteiger partial charge in [-0.2, -0.15) is 5.06 Å². The van der Waals surface area contributed by atoms with Gasteiger partial charge in [-0.15, -0.1) is 0 Å². The van der Waals surface area contributed by atoms with Crippen LogP contribution in [0, 0.1) is 0 Å². The number of nitrogens with one attached hydrogen (secondary N) is 1. The number of piperidine rings is 1. The highest BCUT2D eigenvalue weighted by Gasteiger charge is 2.64. The fourth-order valence-electron chi connectivity index (χ4n) is 4.36. The van der Waals surface area contributed by atoms with Crippen molar-refractivity contribution in [2.45, 2.75) is 31.4 Å². The zero-order chi connectivity index (χ0) is 22.9. The summed E-state index contributed by atoms with van der Waals surface area (Å²) in [4.78, 5) is 66.0. The standard InChI is InChI=1S/C21H25N3O8/c1-13(25)15-3-2-4-16-19(15)21(16,32-30-12-18(27)28)20(29)31-24-10-9-23(11-17(24)26)14-5-7-22-8-6-14/h2-4,14,22H,5-12H2,1H3,(H,27,28). The first-order valence-corrected chi connectivity index (χ1v) is 10.5. The summed E-state index contributed by atoms with van der Waals surface area (Å²) in [7, 11) is 0. The van der Waals surface area contributed by atoms with Crippen molar-refractivity contribution in [3.8, 4) is 0 Å². The monoisotopic (exact) mass is 447 g/mol. The number of hydrogen-bond acceptors (Lipinski definition) is 9. The molecule has 1 atom stereocenters. The highest BCUT2D eigenvalue weighted by molar-refractivity contribution is 6.05. The van der Waals surface area contributed by atoms with Crippen molar-refractivity contribution in [3.63, 3.8) is 0 Å². The number of rotatable bonds is 8. The molecule has 0 radical (unpaired) electrons. The number of hydrogen-bond donors (Lipinski definition) is 2. The van der Waals surface area contributed by atoms with Gasteiger partial charge in [-0.25, -0.2) is 19.4 Å². The van der Waals surface area contributed by atoms with Gasteiger partial charge in [-0.05, 0) is 32.9 Å². The Balaban J connectivity index is 1.47. The van der Waals surface area contributed by atoms with Crippen LogP contribution in [-0.2, 0) is 34.6 Å². The van der Waals surface area contributed by atoms with Crippen LogP contribution in [0.2, 0.25) is 0 Å². The summed E-state index contributed by atoms with van der Waals surface area (Å²) in [5.41, 5.74) is -1.06. The van der Waals surface area contributed by atoms with Crippen molar-refractivity contribution in [1.29, 1.82) is 0 Å². The zero-order valence-electron chi connectivity index (χ0n) is 17.7. The van der Waals surface area contributed by atoms with Gasteiger partial charge in [0.05, 0.1) is 13.1 Å². The minimum Gasteiger partial charge on any atom is -0.479 e. The molecule has 172 valence electrons. The van der Waals surface area contributed by atoms with Gasteiger partial charge in [0.25, 0.3) is 11.5 Å². The van der Waals surface area contributed by atoms with Gasteiger partial charge in [0.15, 0.2) is 12.4 Å². The van der Waals surface area contributed by atoms with Crippen molar-refractivity contribution >= 4 is 23.6 Å². The van der Waals surface area contributed by atoms with E-state index in [4.69, 9.17) is 19.7 Å². The number of piperazine rings is 1. The summed E-state index contributed by atoms with van der Waals surface area (Å²) >= 11 is 0. The molecule has 1 amide bonds. The molecule has 4 rings (SSSR count). The molecule has 2 aliphatic heterocycles. The van der Waals surface area contributed by atoms with E-state index >= 15 is 0 Å². The second kappa shape index (κ2) is 8.94. The first-order valence-electron chi connectivity index (χ1n) is 10.5. The zero-order valence-corrected chi connectivity index (χ0v) is 17.7. The van der Waals surface area contributed by atoms with E-state index in [0.717, 1.165) is 31.0 Å². The van der Waals surface area contributed by atoms with E-state index < -0.39 is 24.1 Å².